The van der Waals surface area contributed by atoms with Gasteiger partial charge in [0.05, 0.1) is 0 Å². The van der Waals surface area contributed by atoms with Crippen LogP contribution in [0.3, 0.4) is 0 Å². The summed E-state index contributed by atoms with van der Waals surface area (Å²) in [6, 6.07) is 0. The molecule has 11 heavy (non-hydrogen) atoms. The molecule has 2 unspecified atom stereocenters. The fourth-order valence-electron chi connectivity index (χ4n) is 1.63. The third-order valence-electron chi connectivity index (χ3n) is 2.41. The highest BCUT2D eigenvalue weighted by atomic mass is 32.1. The number of thiol groups is 1. The van der Waals surface area contributed by atoms with Crippen molar-refractivity contribution in [2.75, 3.05) is 19.6 Å². The molecule has 2 atom stereocenters. The molecule has 3 heteroatoms. The Morgan fingerprint density at radius 2 is 2.45 bits per heavy atom. The molecule has 0 aromatic carbocycles. The van der Waals surface area contributed by atoms with Gasteiger partial charge >= 0.3 is 0 Å². The lowest BCUT2D eigenvalue weighted by atomic mass is 9.98. The van der Waals surface area contributed by atoms with E-state index in [1.807, 2.05) is 0 Å². The lowest BCUT2D eigenvalue weighted by Gasteiger charge is -2.34. The smallest absolute Gasteiger partial charge is 0.0499 e. The van der Waals surface area contributed by atoms with Crippen LogP contribution in [0.5, 0.6) is 0 Å². The third kappa shape index (κ3) is 2.65. The molecule has 0 saturated carbocycles. The number of nitrogens with zero attached hydrogens (tertiary/aromatic N) is 1. The van der Waals surface area contributed by atoms with Crippen LogP contribution in [-0.2, 0) is 0 Å². The summed E-state index contributed by atoms with van der Waals surface area (Å²) in [5, 5.41) is 0.393. The Hall–Kier alpha value is 0.270. The molecule has 1 aliphatic heterocycles. The van der Waals surface area contributed by atoms with Gasteiger partial charge in [-0.3, -0.25) is 4.90 Å². The molecule has 0 spiro atoms. The predicted molar refractivity (Wildman–Crippen MR) is 51.8 cm³/mol. The lowest BCUT2D eigenvalue weighted by Crippen LogP contribution is -2.41. The van der Waals surface area contributed by atoms with Crippen molar-refractivity contribution in [1.29, 1.82) is 0 Å². The Morgan fingerprint density at radius 1 is 1.73 bits per heavy atom. The minimum atomic E-state index is 0.393. The first-order valence-electron chi connectivity index (χ1n) is 4.36. The molecule has 0 aliphatic carbocycles. The molecule has 1 fully saturated rings. The van der Waals surface area contributed by atoms with Crippen molar-refractivity contribution in [3.63, 3.8) is 0 Å². The van der Waals surface area contributed by atoms with Gasteiger partial charge < -0.3 is 5.73 Å². The minimum absolute atomic E-state index is 0.393. The van der Waals surface area contributed by atoms with Crippen molar-refractivity contribution < 1.29 is 0 Å². The molecule has 0 amide bonds. The molecular weight excluding hydrogens is 156 g/mol. The second kappa shape index (κ2) is 4.33. The van der Waals surface area contributed by atoms with Crippen LogP contribution in [0, 0.1) is 5.92 Å². The molecule has 2 N–H and O–H groups in total. The maximum Gasteiger partial charge on any atom is 0.0499 e. The highest BCUT2D eigenvalue weighted by Crippen LogP contribution is 2.18. The van der Waals surface area contributed by atoms with E-state index in [1.165, 1.54) is 19.4 Å². The monoisotopic (exact) mass is 174 g/mol. The number of rotatable bonds is 2. The zero-order valence-electron chi connectivity index (χ0n) is 7.16. The standard InChI is InChI=1S/C8H18N2S/c1-7(11)10-4-2-3-8(5-9)6-10/h7-8,11H,2-6,9H2,1H3. The quantitative estimate of drug-likeness (QED) is 0.610. The second-order valence-electron chi connectivity index (χ2n) is 3.37. The van der Waals surface area contributed by atoms with Gasteiger partial charge in [-0.05, 0) is 38.8 Å². The van der Waals surface area contributed by atoms with Crippen LogP contribution in [0.4, 0.5) is 0 Å². The number of nitrogens with two attached hydrogens (primary N) is 1. The molecule has 1 aliphatic rings. The van der Waals surface area contributed by atoms with E-state index in [2.05, 4.69) is 24.5 Å². The van der Waals surface area contributed by atoms with E-state index in [4.69, 9.17) is 5.73 Å². The van der Waals surface area contributed by atoms with Crippen molar-refractivity contribution in [2.24, 2.45) is 11.7 Å². The van der Waals surface area contributed by atoms with Gasteiger partial charge in [-0.15, -0.1) is 0 Å². The fourth-order valence-corrected chi connectivity index (χ4v) is 1.84. The fraction of sp³-hybridized carbons (Fsp3) is 1.00. The number of hydrogen-bond acceptors (Lipinski definition) is 3. The van der Waals surface area contributed by atoms with Gasteiger partial charge in [-0.25, -0.2) is 0 Å². The van der Waals surface area contributed by atoms with Gasteiger partial charge in [0.25, 0.3) is 0 Å². The Morgan fingerprint density at radius 3 is 3.00 bits per heavy atom. The summed E-state index contributed by atoms with van der Waals surface area (Å²) in [5.74, 6) is 0.707. The summed E-state index contributed by atoms with van der Waals surface area (Å²) in [6.45, 7) is 5.29. The summed E-state index contributed by atoms with van der Waals surface area (Å²) >= 11 is 4.41. The van der Waals surface area contributed by atoms with Gasteiger partial charge in [-0.1, -0.05) is 0 Å². The van der Waals surface area contributed by atoms with Crippen LogP contribution in [-0.4, -0.2) is 29.9 Å². The van der Waals surface area contributed by atoms with E-state index < -0.39 is 0 Å². The second-order valence-corrected chi connectivity index (χ2v) is 4.12. The van der Waals surface area contributed by atoms with Crippen molar-refractivity contribution in [3.8, 4) is 0 Å². The maximum atomic E-state index is 5.61. The summed E-state index contributed by atoms with van der Waals surface area (Å²) < 4.78 is 0. The average molecular weight is 174 g/mol. The Kier molecular flexibility index (Phi) is 3.69. The van der Waals surface area contributed by atoms with E-state index >= 15 is 0 Å². The SMILES string of the molecule is CC(S)N1CCCC(CN)C1. The van der Waals surface area contributed by atoms with Crippen molar-refractivity contribution in [3.05, 3.63) is 0 Å². The van der Waals surface area contributed by atoms with Crippen molar-refractivity contribution in [1.82, 2.24) is 4.90 Å². The zero-order chi connectivity index (χ0) is 8.27. The topological polar surface area (TPSA) is 29.3 Å². The third-order valence-corrected chi connectivity index (χ3v) is 2.74. The van der Waals surface area contributed by atoms with Crippen molar-refractivity contribution in [2.45, 2.75) is 25.1 Å². The molecule has 66 valence electrons. The molecule has 0 bridgehead atoms. The largest absolute Gasteiger partial charge is 0.330 e. The lowest BCUT2D eigenvalue weighted by molar-refractivity contribution is 0.173. The number of likely N-dealkylation sites (tertiary alicyclic amines) is 1. The molecule has 1 rings (SSSR count). The number of piperidine rings is 1. The van der Waals surface area contributed by atoms with Crippen LogP contribution in [0.1, 0.15) is 19.8 Å². The van der Waals surface area contributed by atoms with Crippen LogP contribution in [0.2, 0.25) is 0 Å². The Bertz CT molecular complexity index is 117. The summed E-state index contributed by atoms with van der Waals surface area (Å²) in [5.41, 5.74) is 5.61. The predicted octanol–water partition coefficient (Wildman–Crippen LogP) is 0.933. The van der Waals surface area contributed by atoms with Gasteiger partial charge in [0.1, 0.15) is 0 Å². The molecule has 2 nitrogen and oxygen atoms in total. The minimum Gasteiger partial charge on any atom is -0.330 e. The van der Waals surface area contributed by atoms with Crippen molar-refractivity contribution >= 4 is 12.6 Å². The summed E-state index contributed by atoms with van der Waals surface area (Å²) in [7, 11) is 0. The van der Waals surface area contributed by atoms with E-state index in [1.54, 1.807) is 0 Å². The van der Waals surface area contributed by atoms with Gasteiger partial charge in [0.15, 0.2) is 0 Å². The first-order valence-corrected chi connectivity index (χ1v) is 4.88. The first kappa shape index (κ1) is 9.36. The maximum absolute atomic E-state index is 5.61. The first-order chi connectivity index (χ1) is 5.24. The van der Waals surface area contributed by atoms with Crippen LogP contribution >= 0.6 is 12.6 Å². The Labute approximate surface area is 74.5 Å². The van der Waals surface area contributed by atoms with Gasteiger partial charge in [0, 0.05) is 11.9 Å². The molecule has 0 aromatic rings. The molecular formula is C8H18N2S. The average Bonchev–Trinajstić information content (AvgIpc) is 2.05. The van der Waals surface area contributed by atoms with Crippen LogP contribution in [0.15, 0.2) is 0 Å². The van der Waals surface area contributed by atoms with E-state index in [9.17, 15) is 0 Å². The van der Waals surface area contributed by atoms with Crippen LogP contribution in [0.25, 0.3) is 0 Å². The normalized spacial score (nSPS) is 30.3. The summed E-state index contributed by atoms with van der Waals surface area (Å²) in [4.78, 5) is 2.39. The Balaban J connectivity index is 2.33. The van der Waals surface area contributed by atoms with E-state index in [0.717, 1.165) is 13.1 Å². The zero-order valence-corrected chi connectivity index (χ0v) is 8.06. The highest BCUT2D eigenvalue weighted by molar-refractivity contribution is 7.80. The van der Waals surface area contributed by atoms with E-state index in [-0.39, 0.29) is 0 Å². The van der Waals surface area contributed by atoms with E-state index in [0.29, 0.717) is 11.3 Å². The molecule has 1 heterocycles. The summed E-state index contributed by atoms with van der Waals surface area (Å²) in [6.07, 6.45) is 2.58. The van der Waals surface area contributed by atoms with Gasteiger partial charge in [-0.2, -0.15) is 12.6 Å². The van der Waals surface area contributed by atoms with Crippen LogP contribution < -0.4 is 5.73 Å². The van der Waals surface area contributed by atoms with Gasteiger partial charge in [0.2, 0.25) is 0 Å². The molecule has 1 saturated heterocycles. The molecule has 0 aromatic heterocycles. The highest BCUT2D eigenvalue weighted by Gasteiger charge is 2.20. The molecule has 0 radical (unpaired) electrons. The number of hydrogen-bond donors (Lipinski definition) is 2.